The molecule has 0 aliphatic carbocycles. The summed E-state index contributed by atoms with van der Waals surface area (Å²) >= 11 is 0. The fourth-order valence-corrected chi connectivity index (χ4v) is 4.50. The summed E-state index contributed by atoms with van der Waals surface area (Å²) in [5.74, 6) is 0.276. The minimum absolute atomic E-state index is 0.0392. The standard InChI is InChI=1S/C23H27FN2O2/c24-20-8-4-5-9-22(20)28-15-21(17-6-2-1-3-7-17)26-23(27)14-16-12-18-10-11-19(13-16)25-18/h1-9,16,18-19,21,25H,10-15H2,(H,26,27). The highest BCUT2D eigenvalue weighted by Gasteiger charge is 2.34. The van der Waals surface area contributed by atoms with Gasteiger partial charge in [-0.3, -0.25) is 4.79 Å². The number of carbonyl (C=O) groups excluding carboxylic acids is 1. The smallest absolute Gasteiger partial charge is 0.220 e. The van der Waals surface area contributed by atoms with E-state index in [0.717, 1.165) is 18.4 Å². The number of benzene rings is 2. The highest BCUT2D eigenvalue weighted by molar-refractivity contribution is 5.76. The van der Waals surface area contributed by atoms with Gasteiger partial charge in [0.15, 0.2) is 11.6 Å². The number of ether oxygens (including phenoxy) is 1. The summed E-state index contributed by atoms with van der Waals surface area (Å²) < 4.78 is 19.6. The molecule has 2 aliphatic rings. The fraction of sp³-hybridized carbons (Fsp3) is 0.435. The largest absolute Gasteiger partial charge is 0.488 e. The molecule has 0 saturated carbocycles. The maximum absolute atomic E-state index is 13.9. The number of halogens is 1. The van der Waals surface area contributed by atoms with Gasteiger partial charge in [-0.15, -0.1) is 0 Å². The van der Waals surface area contributed by atoms with E-state index in [9.17, 15) is 9.18 Å². The molecule has 3 unspecified atom stereocenters. The minimum atomic E-state index is -0.397. The first-order chi connectivity index (χ1) is 13.7. The third-order valence-corrected chi connectivity index (χ3v) is 5.82. The minimum Gasteiger partial charge on any atom is -0.488 e. The Morgan fingerprint density at radius 2 is 1.75 bits per heavy atom. The lowest BCUT2D eigenvalue weighted by atomic mass is 9.89. The lowest BCUT2D eigenvalue weighted by Gasteiger charge is -2.29. The summed E-state index contributed by atoms with van der Waals surface area (Å²) in [7, 11) is 0. The van der Waals surface area contributed by atoms with Gasteiger partial charge in [0, 0.05) is 18.5 Å². The highest BCUT2D eigenvalue weighted by Crippen LogP contribution is 2.32. The third-order valence-electron chi connectivity index (χ3n) is 5.82. The third kappa shape index (κ3) is 4.71. The Labute approximate surface area is 165 Å². The number of para-hydroxylation sites is 1. The summed E-state index contributed by atoms with van der Waals surface area (Å²) in [6.07, 6.45) is 5.15. The summed E-state index contributed by atoms with van der Waals surface area (Å²) in [5, 5.41) is 6.73. The Morgan fingerprint density at radius 1 is 1.07 bits per heavy atom. The predicted molar refractivity (Wildman–Crippen MR) is 107 cm³/mol. The van der Waals surface area contributed by atoms with E-state index >= 15 is 0 Å². The molecule has 1 amide bonds. The summed E-state index contributed by atoms with van der Waals surface area (Å²) in [5.41, 5.74) is 0.956. The number of nitrogens with one attached hydrogen (secondary N) is 2. The number of piperidine rings is 1. The molecule has 5 heteroatoms. The zero-order valence-electron chi connectivity index (χ0n) is 15.9. The molecule has 2 N–H and O–H groups in total. The molecule has 2 aromatic rings. The Bertz CT molecular complexity index is 786. The van der Waals surface area contributed by atoms with Gasteiger partial charge < -0.3 is 15.4 Å². The van der Waals surface area contributed by atoms with Gasteiger partial charge >= 0.3 is 0 Å². The monoisotopic (exact) mass is 382 g/mol. The lowest BCUT2D eigenvalue weighted by Crippen LogP contribution is -2.40. The van der Waals surface area contributed by atoms with E-state index in [1.54, 1.807) is 18.2 Å². The van der Waals surface area contributed by atoms with Crippen LogP contribution in [0.4, 0.5) is 4.39 Å². The molecule has 28 heavy (non-hydrogen) atoms. The van der Waals surface area contributed by atoms with Crippen molar-refractivity contribution >= 4 is 5.91 Å². The van der Waals surface area contributed by atoms with E-state index < -0.39 is 5.82 Å². The van der Waals surface area contributed by atoms with Gasteiger partial charge in [-0.25, -0.2) is 4.39 Å². The van der Waals surface area contributed by atoms with Crippen molar-refractivity contribution in [3.05, 3.63) is 66.0 Å². The molecule has 0 aromatic heterocycles. The molecule has 3 atom stereocenters. The molecule has 0 radical (unpaired) electrons. The van der Waals surface area contributed by atoms with Crippen molar-refractivity contribution in [2.24, 2.45) is 5.92 Å². The van der Waals surface area contributed by atoms with Crippen LogP contribution >= 0.6 is 0 Å². The molecular weight excluding hydrogens is 355 g/mol. The van der Waals surface area contributed by atoms with E-state index in [2.05, 4.69) is 10.6 Å². The number of carbonyl (C=O) groups is 1. The summed E-state index contributed by atoms with van der Waals surface area (Å²) in [4.78, 5) is 12.7. The van der Waals surface area contributed by atoms with Gasteiger partial charge in [0.05, 0.1) is 6.04 Å². The molecule has 4 rings (SSSR count). The van der Waals surface area contributed by atoms with Crippen LogP contribution in [-0.2, 0) is 4.79 Å². The zero-order chi connectivity index (χ0) is 19.3. The topological polar surface area (TPSA) is 50.4 Å². The van der Waals surface area contributed by atoms with Crippen molar-refractivity contribution < 1.29 is 13.9 Å². The molecular formula is C23H27FN2O2. The zero-order valence-corrected chi connectivity index (χ0v) is 15.9. The van der Waals surface area contributed by atoms with Gasteiger partial charge in [-0.05, 0) is 49.3 Å². The molecule has 2 heterocycles. The molecule has 2 bridgehead atoms. The first kappa shape index (κ1) is 18.9. The maximum Gasteiger partial charge on any atom is 0.220 e. The molecule has 2 saturated heterocycles. The number of hydrogen-bond donors (Lipinski definition) is 2. The second kappa shape index (κ2) is 8.74. The second-order valence-corrected chi connectivity index (χ2v) is 7.95. The van der Waals surface area contributed by atoms with Gasteiger partial charge in [0.1, 0.15) is 6.61 Å². The number of rotatable bonds is 7. The molecule has 2 aliphatic heterocycles. The van der Waals surface area contributed by atoms with E-state index in [1.807, 2.05) is 30.3 Å². The fourth-order valence-electron chi connectivity index (χ4n) is 4.50. The van der Waals surface area contributed by atoms with Crippen molar-refractivity contribution in [3.8, 4) is 5.75 Å². The average Bonchev–Trinajstić information content (AvgIpc) is 3.05. The van der Waals surface area contributed by atoms with Gasteiger partial charge in [0.2, 0.25) is 5.91 Å². The molecule has 4 nitrogen and oxygen atoms in total. The van der Waals surface area contributed by atoms with E-state index in [-0.39, 0.29) is 24.3 Å². The Morgan fingerprint density at radius 3 is 2.46 bits per heavy atom. The van der Waals surface area contributed by atoms with Crippen LogP contribution in [0.25, 0.3) is 0 Å². The number of fused-ring (bicyclic) bond motifs is 2. The van der Waals surface area contributed by atoms with Crippen molar-refractivity contribution in [2.45, 2.75) is 50.2 Å². The number of amides is 1. The normalized spacial score (nSPS) is 24.5. The molecule has 148 valence electrons. The molecule has 2 fully saturated rings. The quantitative estimate of drug-likeness (QED) is 0.762. The van der Waals surface area contributed by atoms with Crippen LogP contribution in [0.2, 0.25) is 0 Å². The predicted octanol–water partition coefficient (Wildman–Crippen LogP) is 3.98. The van der Waals surface area contributed by atoms with E-state index in [4.69, 9.17) is 4.74 Å². The Hall–Kier alpha value is -2.40. The van der Waals surface area contributed by atoms with E-state index in [0.29, 0.717) is 24.4 Å². The van der Waals surface area contributed by atoms with Crippen LogP contribution in [0.15, 0.2) is 54.6 Å². The van der Waals surface area contributed by atoms with Crippen molar-refractivity contribution in [3.63, 3.8) is 0 Å². The van der Waals surface area contributed by atoms with Crippen molar-refractivity contribution in [1.29, 1.82) is 0 Å². The van der Waals surface area contributed by atoms with Crippen molar-refractivity contribution in [2.75, 3.05) is 6.61 Å². The first-order valence-corrected chi connectivity index (χ1v) is 10.1. The average molecular weight is 382 g/mol. The van der Waals surface area contributed by atoms with Gasteiger partial charge in [-0.1, -0.05) is 42.5 Å². The molecule has 2 aromatic carbocycles. The summed E-state index contributed by atoms with van der Waals surface area (Å²) in [6.45, 7) is 0.189. The van der Waals surface area contributed by atoms with Crippen LogP contribution < -0.4 is 15.4 Å². The lowest BCUT2D eigenvalue weighted by molar-refractivity contribution is -0.123. The van der Waals surface area contributed by atoms with Crippen LogP contribution in [0.3, 0.4) is 0 Å². The van der Waals surface area contributed by atoms with Crippen molar-refractivity contribution in [1.82, 2.24) is 10.6 Å². The maximum atomic E-state index is 13.9. The van der Waals surface area contributed by atoms with Gasteiger partial charge in [0.25, 0.3) is 0 Å². The number of hydrogen-bond acceptors (Lipinski definition) is 3. The van der Waals surface area contributed by atoms with Crippen LogP contribution in [0.1, 0.15) is 43.7 Å². The highest BCUT2D eigenvalue weighted by atomic mass is 19.1. The SMILES string of the molecule is O=C(CC1CC2CCC(C1)N2)NC(COc1ccccc1F)c1ccccc1. The first-order valence-electron chi connectivity index (χ1n) is 10.1. The van der Waals surface area contributed by atoms with Crippen LogP contribution in [0.5, 0.6) is 5.75 Å². The van der Waals surface area contributed by atoms with E-state index in [1.165, 1.54) is 18.9 Å². The van der Waals surface area contributed by atoms with Crippen LogP contribution in [0, 0.1) is 11.7 Å². The van der Waals surface area contributed by atoms with Gasteiger partial charge in [-0.2, -0.15) is 0 Å². The Kier molecular flexibility index (Phi) is 5.91. The molecule has 0 spiro atoms. The Balaban J connectivity index is 1.39. The summed E-state index contributed by atoms with van der Waals surface area (Å²) in [6, 6.07) is 16.9. The second-order valence-electron chi connectivity index (χ2n) is 7.95. The van der Waals surface area contributed by atoms with Crippen LogP contribution in [-0.4, -0.2) is 24.6 Å².